The van der Waals surface area contributed by atoms with Gasteiger partial charge in [-0.25, -0.2) is 9.59 Å². The van der Waals surface area contributed by atoms with Gasteiger partial charge in [0.05, 0.1) is 18.7 Å². The van der Waals surface area contributed by atoms with E-state index in [9.17, 15) is 14.4 Å². The topological polar surface area (TPSA) is 66.9 Å². The quantitative estimate of drug-likeness (QED) is 0.404. The van der Waals surface area contributed by atoms with Crippen LogP contribution in [0.1, 0.15) is 15.9 Å². The zero-order chi connectivity index (χ0) is 18.8. The summed E-state index contributed by atoms with van der Waals surface area (Å²) in [7, 11) is 0. The highest BCUT2D eigenvalue weighted by molar-refractivity contribution is 7.96. The number of hydrogen-bond donors (Lipinski definition) is 0. The zero-order valence-electron chi connectivity index (χ0n) is 14.4. The standard InChI is InChI=1S/C19H20N2O4S/c1-26-21(14-16-8-4-2-5-9-16)19(24)20(15-22)12-13-25-18(23)17-10-6-3-7-11-17/h2-11,15H,12-14H2,1H3. The van der Waals surface area contributed by atoms with Crippen molar-refractivity contribution in [3.05, 3.63) is 71.8 Å². The molecule has 6 nitrogen and oxygen atoms in total. The zero-order valence-corrected chi connectivity index (χ0v) is 15.2. The van der Waals surface area contributed by atoms with Crippen LogP contribution in [0, 0.1) is 0 Å². The summed E-state index contributed by atoms with van der Waals surface area (Å²) in [5.74, 6) is -0.491. The van der Waals surface area contributed by atoms with Crippen LogP contribution in [0.3, 0.4) is 0 Å². The fourth-order valence-electron chi connectivity index (χ4n) is 2.19. The van der Waals surface area contributed by atoms with Gasteiger partial charge in [0.25, 0.3) is 0 Å². The number of hydrogen-bond acceptors (Lipinski definition) is 5. The molecule has 2 rings (SSSR count). The summed E-state index contributed by atoms with van der Waals surface area (Å²) in [5, 5.41) is 0. The van der Waals surface area contributed by atoms with Gasteiger partial charge in [-0.3, -0.25) is 14.0 Å². The molecule has 0 aliphatic heterocycles. The Bertz CT molecular complexity index is 725. The third-order valence-electron chi connectivity index (χ3n) is 3.55. The minimum Gasteiger partial charge on any atom is -0.460 e. The van der Waals surface area contributed by atoms with Crippen LogP contribution in [-0.2, 0) is 16.1 Å². The second kappa shape index (κ2) is 10.2. The van der Waals surface area contributed by atoms with Crippen LogP contribution < -0.4 is 0 Å². The molecule has 0 unspecified atom stereocenters. The van der Waals surface area contributed by atoms with Crippen LogP contribution >= 0.6 is 11.9 Å². The first-order valence-electron chi connectivity index (χ1n) is 7.99. The first kappa shape index (κ1) is 19.5. The maximum Gasteiger partial charge on any atom is 0.338 e. The van der Waals surface area contributed by atoms with E-state index in [2.05, 4.69) is 0 Å². The molecule has 0 saturated heterocycles. The molecular formula is C19H20N2O4S. The Labute approximate surface area is 156 Å². The molecule has 26 heavy (non-hydrogen) atoms. The summed E-state index contributed by atoms with van der Waals surface area (Å²) in [6.07, 6.45) is 2.21. The van der Waals surface area contributed by atoms with Crippen molar-refractivity contribution in [1.82, 2.24) is 9.21 Å². The Kier molecular flexibility index (Phi) is 7.70. The number of imide groups is 1. The Morgan fingerprint density at radius 3 is 2.23 bits per heavy atom. The third-order valence-corrected chi connectivity index (χ3v) is 4.28. The highest BCUT2D eigenvalue weighted by atomic mass is 32.2. The fraction of sp³-hybridized carbons (Fsp3) is 0.211. The predicted octanol–water partition coefficient (Wildman–Crippen LogP) is 3.20. The molecule has 7 heteroatoms. The van der Waals surface area contributed by atoms with Crippen molar-refractivity contribution in [2.24, 2.45) is 0 Å². The second-order valence-electron chi connectivity index (χ2n) is 5.29. The van der Waals surface area contributed by atoms with E-state index in [0.717, 1.165) is 10.5 Å². The van der Waals surface area contributed by atoms with Gasteiger partial charge in [0.2, 0.25) is 6.41 Å². The van der Waals surface area contributed by atoms with Crippen molar-refractivity contribution in [2.45, 2.75) is 6.54 Å². The van der Waals surface area contributed by atoms with Crippen LogP contribution in [0.5, 0.6) is 0 Å². The molecule has 0 bridgehead atoms. The summed E-state index contributed by atoms with van der Waals surface area (Å²) < 4.78 is 6.60. The van der Waals surface area contributed by atoms with Gasteiger partial charge in [0.15, 0.2) is 0 Å². The lowest BCUT2D eigenvalue weighted by atomic mass is 10.2. The smallest absolute Gasteiger partial charge is 0.338 e. The first-order chi connectivity index (χ1) is 12.7. The summed E-state index contributed by atoms with van der Waals surface area (Å²) in [6, 6.07) is 17.6. The van der Waals surface area contributed by atoms with Crippen molar-refractivity contribution < 1.29 is 19.1 Å². The molecule has 0 atom stereocenters. The lowest BCUT2D eigenvalue weighted by molar-refractivity contribution is -0.116. The predicted molar refractivity (Wildman–Crippen MR) is 100 cm³/mol. The average Bonchev–Trinajstić information content (AvgIpc) is 2.70. The number of benzene rings is 2. The van der Waals surface area contributed by atoms with Gasteiger partial charge in [0, 0.05) is 6.26 Å². The molecule has 0 saturated carbocycles. The highest BCUT2D eigenvalue weighted by Crippen LogP contribution is 2.14. The van der Waals surface area contributed by atoms with Gasteiger partial charge in [-0.2, -0.15) is 0 Å². The summed E-state index contributed by atoms with van der Waals surface area (Å²) in [4.78, 5) is 36.7. The molecule has 0 heterocycles. The summed E-state index contributed by atoms with van der Waals surface area (Å²) in [6.45, 7) is 0.299. The van der Waals surface area contributed by atoms with E-state index in [-0.39, 0.29) is 13.2 Å². The van der Waals surface area contributed by atoms with E-state index in [0.29, 0.717) is 18.5 Å². The number of carbonyl (C=O) groups is 3. The van der Waals surface area contributed by atoms with Crippen molar-refractivity contribution in [1.29, 1.82) is 0 Å². The Morgan fingerprint density at radius 2 is 1.65 bits per heavy atom. The number of ether oxygens (including phenoxy) is 1. The van der Waals surface area contributed by atoms with Crippen LogP contribution in [-0.4, -0.2) is 47.0 Å². The van der Waals surface area contributed by atoms with Crippen LogP contribution in [0.4, 0.5) is 4.79 Å². The molecule has 0 aromatic heterocycles. The maximum absolute atomic E-state index is 12.5. The lowest BCUT2D eigenvalue weighted by Crippen LogP contribution is -2.40. The van der Waals surface area contributed by atoms with Gasteiger partial charge in [-0.15, -0.1) is 0 Å². The minimum absolute atomic E-state index is 0.00719. The van der Waals surface area contributed by atoms with Gasteiger partial charge >= 0.3 is 12.0 Å². The van der Waals surface area contributed by atoms with E-state index in [1.165, 1.54) is 16.3 Å². The molecule has 0 spiro atoms. The number of carbonyl (C=O) groups excluding carboxylic acids is 3. The summed E-state index contributed by atoms with van der Waals surface area (Å²) >= 11 is 1.23. The molecule has 0 aliphatic carbocycles. The van der Waals surface area contributed by atoms with Gasteiger partial charge in [0.1, 0.15) is 6.61 Å². The molecule has 0 fully saturated rings. The van der Waals surface area contributed by atoms with Gasteiger partial charge in [-0.1, -0.05) is 48.5 Å². The minimum atomic E-state index is -0.491. The van der Waals surface area contributed by atoms with E-state index in [1.54, 1.807) is 36.6 Å². The Balaban J connectivity index is 1.88. The average molecular weight is 372 g/mol. The van der Waals surface area contributed by atoms with E-state index < -0.39 is 12.0 Å². The molecule has 0 aliphatic rings. The molecular weight excluding hydrogens is 352 g/mol. The second-order valence-corrected chi connectivity index (χ2v) is 6.09. The molecule has 136 valence electrons. The van der Waals surface area contributed by atoms with E-state index in [4.69, 9.17) is 4.74 Å². The Morgan fingerprint density at radius 1 is 1.04 bits per heavy atom. The molecule has 2 aromatic rings. The molecule has 0 N–H and O–H groups in total. The van der Waals surface area contributed by atoms with Crippen LogP contribution in [0.2, 0.25) is 0 Å². The van der Waals surface area contributed by atoms with E-state index in [1.807, 2.05) is 30.3 Å². The molecule has 0 radical (unpaired) electrons. The number of amides is 3. The van der Waals surface area contributed by atoms with Crippen molar-refractivity contribution >= 4 is 30.4 Å². The monoisotopic (exact) mass is 372 g/mol. The first-order valence-corrected chi connectivity index (χ1v) is 9.17. The number of rotatable bonds is 8. The van der Waals surface area contributed by atoms with Crippen molar-refractivity contribution in [2.75, 3.05) is 19.4 Å². The van der Waals surface area contributed by atoms with Gasteiger partial charge < -0.3 is 4.74 Å². The molecule has 3 amide bonds. The lowest BCUT2D eigenvalue weighted by Gasteiger charge is -2.25. The van der Waals surface area contributed by atoms with Crippen LogP contribution in [0.25, 0.3) is 0 Å². The number of urea groups is 1. The normalized spacial score (nSPS) is 10.0. The SMILES string of the molecule is CSN(Cc1ccccc1)C(=O)N(C=O)CCOC(=O)c1ccccc1. The molecule has 2 aromatic carbocycles. The van der Waals surface area contributed by atoms with E-state index >= 15 is 0 Å². The van der Waals surface area contributed by atoms with Crippen LogP contribution in [0.15, 0.2) is 60.7 Å². The van der Waals surface area contributed by atoms with Crippen molar-refractivity contribution in [3.63, 3.8) is 0 Å². The summed E-state index contributed by atoms with van der Waals surface area (Å²) in [5.41, 5.74) is 1.38. The van der Waals surface area contributed by atoms with Gasteiger partial charge in [-0.05, 0) is 29.6 Å². The largest absolute Gasteiger partial charge is 0.460 e. The maximum atomic E-state index is 12.5. The highest BCUT2D eigenvalue weighted by Gasteiger charge is 2.21. The number of nitrogens with zero attached hydrogens (tertiary/aromatic N) is 2. The van der Waals surface area contributed by atoms with Crippen molar-refractivity contribution in [3.8, 4) is 0 Å². The number of esters is 1. The third kappa shape index (κ3) is 5.63. The Hall–Kier alpha value is -2.80. The fourth-order valence-corrected chi connectivity index (χ4v) is 2.73.